The molecule has 0 saturated carbocycles. The molecule has 108 valence electrons. The Morgan fingerprint density at radius 1 is 0.636 bits per heavy atom. The molecule has 0 aromatic heterocycles. The van der Waals surface area contributed by atoms with E-state index in [0.29, 0.717) is 0 Å². The molecule has 0 fully saturated rings. The number of halogens is 2. The van der Waals surface area contributed by atoms with Crippen molar-refractivity contribution in [1.29, 1.82) is 0 Å². The van der Waals surface area contributed by atoms with Gasteiger partial charge in [-0.25, -0.2) is 0 Å². The smallest absolute Gasteiger partial charge is 0.260 e. The first-order valence-electron chi connectivity index (χ1n) is 6.10. The summed E-state index contributed by atoms with van der Waals surface area (Å²) in [5.74, 6) is -2.67. The van der Waals surface area contributed by atoms with Gasteiger partial charge in [-0.3, -0.25) is 29.8 Å². The van der Waals surface area contributed by atoms with Gasteiger partial charge in [0, 0.05) is 21.9 Å². The third-order valence-corrected chi connectivity index (χ3v) is 4.30. The van der Waals surface area contributed by atoms with E-state index >= 15 is 0 Å². The molecule has 2 N–H and O–H groups in total. The predicted molar refractivity (Wildman–Crippen MR) is 77.6 cm³/mol. The average Bonchev–Trinajstić information content (AvgIpc) is 2.42. The van der Waals surface area contributed by atoms with E-state index in [1.807, 2.05) is 0 Å². The number of benzene rings is 2. The summed E-state index contributed by atoms with van der Waals surface area (Å²) in [6.07, 6.45) is 0. The molecule has 22 heavy (non-hydrogen) atoms. The maximum atomic E-state index is 12.1. The topological polar surface area (TPSA) is 92.3 Å². The fraction of sp³-hybridized carbons (Fsp3) is 0. The van der Waals surface area contributed by atoms with Crippen molar-refractivity contribution in [2.24, 2.45) is 0 Å². The van der Waals surface area contributed by atoms with Gasteiger partial charge in [0.05, 0.1) is 21.2 Å². The van der Waals surface area contributed by atoms with E-state index in [1.165, 1.54) is 12.1 Å². The van der Waals surface area contributed by atoms with Crippen LogP contribution in [0.15, 0.2) is 12.1 Å². The normalized spacial score (nSPS) is 15.9. The molecular weight excluding hydrogens is 331 g/mol. The standard InChI is InChI=1S/C14H4Cl2N2O4/c15-5-1-3-7-4(12(20)17-11(3)19)2-6(16)9-10(7)8(5)13(21)18-14(9)22/h1-2H,(H,17,19,20)(H,18,21,22). The Balaban J connectivity index is 2.36. The molecule has 8 heteroatoms. The van der Waals surface area contributed by atoms with Crippen LogP contribution in [0.2, 0.25) is 10.0 Å². The quantitative estimate of drug-likeness (QED) is 0.720. The summed E-state index contributed by atoms with van der Waals surface area (Å²) in [5, 5.41) is 4.68. The SMILES string of the molecule is O=C1NC(=O)c2cc(Cl)c3c4c(c(Cl)cc1c24)C(=O)NC3=O. The lowest BCUT2D eigenvalue weighted by molar-refractivity contribution is 0.0823. The minimum Gasteiger partial charge on any atom is -0.288 e. The second-order valence-electron chi connectivity index (χ2n) is 4.88. The summed E-state index contributed by atoms with van der Waals surface area (Å²) in [4.78, 5) is 48.1. The molecule has 0 unspecified atom stereocenters. The molecule has 0 aliphatic carbocycles. The number of rotatable bonds is 0. The monoisotopic (exact) mass is 334 g/mol. The molecule has 0 spiro atoms. The van der Waals surface area contributed by atoms with Gasteiger partial charge in [-0.05, 0) is 12.1 Å². The van der Waals surface area contributed by atoms with Crippen LogP contribution in [0.5, 0.6) is 0 Å². The summed E-state index contributed by atoms with van der Waals surface area (Å²) in [6.45, 7) is 0. The molecule has 0 bridgehead atoms. The van der Waals surface area contributed by atoms with Crippen LogP contribution >= 0.6 is 23.2 Å². The summed E-state index contributed by atoms with van der Waals surface area (Å²) in [7, 11) is 0. The van der Waals surface area contributed by atoms with E-state index < -0.39 is 23.6 Å². The Labute approximate surface area is 132 Å². The molecule has 4 amide bonds. The molecule has 2 aliphatic heterocycles. The maximum Gasteiger partial charge on any atom is 0.260 e. The fourth-order valence-corrected chi connectivity index (χ4v) is 3.42. The van der Waals surface area contributed by atoms with Gasteiger partial charge in [-0.15, -0.1) is 0 Å². The highest BCUT2D eigenvalue weighted by Crippen LogP contribution is 2.40. The maximum absolute atomic E-state index is 12.1. The van der Waals surface area contributed by atoms with Gasteiger partial charge in [-0.1, -0.05) is 23.2 Å². The van der Waals surface area contributed by atoms with Gasteiger partial charge < -0.3 is 0 Å². The number of carbonyl (C=O) groups is 4. The third-order valence-electron chi connectivity index (χ3n) is 3.71. The van der Waals surface area contributed by atoms with E-state index in [1.54, 1.807) is 0 Å². The van der Waals surface area contributed by atoms with Crippen LogP contribution in [0, 0.1) is 0 Å². The van der Waals surface area contributed by atoms with Crippen molar-refractivity contribution in [2.75, 3.05) is 0 Å². The first-order valence-corrected chi connectivity index (χ1v) is 6.86. The first kappa shape index (κ1) is 13.2. The molecule has 2 heterocycles. The van der Waals surface area contributed by atoms with Crippen molar-refractivity contribution in [3.05, 3.63) is 44.4 Å². The number of amides is 4. The van der Waals surface area contributed by atoms with Gasteiger partial charge in [0.25, 0.3) is 23.6 Å². The summed E-state index contributed by atoms with van der Waals surface area (Å²) >= 11 is 12.2. The highest BCUT2D eigenvalue weighted by molar-refractivity contribution is 6.45. The van der Waals surface area contributed by atoms with Crippen molar-refractivity contribution in [3.8, 4) is 0 Å². The van der Waals surface area contributed by atoms with Gasteiger partial charge in [0.2, 0.25) is 0 Å². The van der Waals surface area contributed by atoms with Gasteiger partial charge >= 0.3 is 0 Å². The van der Waals surface area contributed by atoms with Crippen LogP contribution in [0.4, 0.5) is 0 Å². The zero-order chi connectivity index (χ0) is 15.8. The van der Waals surface area contributed by atoms with Crippen LogP contribution in [0.25, 0.3) is 10.8 Å². The van der Waals surface area contributed by atoms with Gasteiger partial charge in [0.15, 0.2) is 0 Å². The highest BCUT2D eigenvalue weighted by atomic mass is 35.5. The molecule has 2 aromatic carbocycles. The number of nitrogens with one attached hydrogen (secondary N) is 2. The van der Waals surface area contributed by atoms with Crippen molar-refractivity contribution in [3.63, 3.8) is 0 Å². The molecular formula is C14H4Cl2N2O4. The average molecular weight is 335 g/mol. The van der Waals surface area contributed by atoms with Crippen molar-refractivity contribution in [2.45, 2.75) is 0 Å². The second-order valence-corrected chi connectivity index (χ2v) is 5.69. The molecule has 0 atom stereocenters. The lowest BCUT2D eigenvalue weighted by atomic mass is 9.87. The van der Waals surface area contributed by atoms with Crippen LogP contribution in [0.1, 0.15) is 41.4 Å². The Bertz CT molecular complexity index is 908. The van der Waals surface area contributed by atoms with E-state index in [-0.39, 0.29) is 43.1 Å². The summed E-state index contributed by atoms with van der Waals surface area (Å²) < 4.78 is 0. The highest BCUT2D eigenvalue weighted by Gasteiger charge is 2.36. The first-order chi connectivity index (χ1) is 10.4. The molecule has 4 rings (SSSR count). The van der Waals surface area contributed by atoms with E-state index in [2.05, 4.69) is 10.6 Å². The number of imide groups is 2. The van der Waals surface area contributed by atoms with Crippen molar-refractivity contribution >= 4 is 57.6 Å². The Morgan fingerprint density at radius 2 is 1.05 bits per heavy atom. The molecule has 2 aromatic rings. The lowest BCUT2D eigenvalue weighted by Crippen LogP contribution is -2.39. The molecule has 6 nitrogen and oxygen atoms in total. The minimum atomic E-state index is -0.694. The van der Waals surface area contributed by atoms with Crippen LogP contribution in [-0.2, 0) is 0 Å². The zero-order valence-electron chi connectivity index (χ0n) is 10.5. The Hall–Kier alpha value is -2.44. The van der Waals surface area contributed by atoms with Gasteiger partial charge in [0.1, 0.15) is 0 Å². The predicted octanol–water partition coefficient (Wildman–Crippen LogP) is 1.91. The molecule has 0 saturated heterocycles. The zero-order valence-corrected chi connectivity index (χ0v) is 12.1. The van der Waals surface area contributed by atoms with Crippen molar-refractivity contribution < 1.29 is 19.2 Å². The molecule has 2 aliphatic rings. The summed E-state index contributed by atoms with van der Waals surface area (Å²) in [6, 6.07) is 2.61. The largest absolute Gasteiger partial charge is 0.288 e. The lowest BCUT2D eigenvalue weighted by Gasteiger charge is -2.24. The second kappa shape index (κ2) is 4.06. The summed E-state index contributed by atoms with van der Waals surface area (Å²) in [5.41, 5.74) is 0.306. The Morgan fingerprint density at radius 3 is 1.50 bits per heavy atom. The van der Waals surface area contributed by atoms with E-state index in [0.717, 1.165) is 0 Å². The van der Waals surface area contributed by atoms with Gasteiger partial charge in [-0.2, -0.15) is 0 Å². The van der Waals surface area contributed by atoms with Crippen LogP contribution < -0.4 is 10.6 Å². The van der Waals surface area contributed by atoms with E-state index in [4.69, 9.17) is 23.2 Å². The Kier molecular flexibility index (Phi) is 2.44. The van der Waals surface area contributed by atoms with Crippen LogP contribution in [-0.4, -0.2) is 23.6 Å². The number of hydrogen-bond acceptors (Lipinski definition) is 4. The van der Waals surface area contributed by atoms with Crippen LogP contribution in [0.3, 0.4) is 0 Å². The third kappa shape index (κ3) is 1.45. The fourth-order valence-electron chi connectivity index (χ4n) is 2.84. The number of hydrogen-bond donors (Lipinski definition) is 2. The van der Waals surface area contributed by atoms with Crippen molar-refractivity contribution in [1.82, 2.24) is 10.6 Å². The van der Waals surface area contributed by atoms with E-state index in [9.17, 15) is 19.2 Å². The number of carbonyl (C=O) groups excluding carboxylic acids is 4. The minimum absolute atomic E-state index is 0.00599. The molecule has 0 radical (unpaired) electrons.